The number of aromatic amines is 1. The van der Waals surface area contributed by atoms with Crippen LogP contribution in [0.15, 0.2) is 35.1 Å². The molecule has 2 aromatic heterocycles. The molecule has 8 heteroatoms. The van der Waals surface area contributed by atoms with E-state index >= 15 is 0 Å². The maximum atomic E-state index is 14.1. The summed E-state index contributed by atoms with van der Waals surface area (Å²) in [4.78, 5) is 23.6. The molecule has 1 saturated heterocycles. The Morgan fingerprint density at radius 2 is 1.97 bits per heavy atom. The second kappa shape index (κ2) is 8.82. The number of rotatable bonds is 3. The van der Waals surface area contributed by atoms with Crippen LogP contribution in [0.2, 0.25) is 5.15 Å². The SMILES string of the molecule is C.Cc1ccc(F)c(CN2CCN(c3c(C#N)c(=O)[nH]c4ccc(Cl)nc34)CC2)c1. The van der Waals surface area contributed by atoms with Crippen LogP contribution >= 0.6 is 11.6 Å². The molecule has 4 rings (SSSR count). The normalized spacial score (nSPS) is 14.4. The standard InChI is InChI=1S/C21H19ClFN5O.CH4/c1-13-2-3-16(23)14(10-13)12-27-6-8-28(9-7-27)20-15(11-24)21(29)25-17-4-5-18(22)26-19(17)20;/h2-5,10H,6-9,12H2,1H3,(H,25,29);1H4. The van der Waals surface area contributed by atoms with Gasteiger partial charge in [0, 0.05) is 38.3 Å². The monoisotopic (exact) mass is 427 g/mol. The first kappa shape index (κ1) is 21.8. The zero-order valence-electron chi connectivity index (χ0n) is 15.9. The van der Waals surface area contributed by atoms with Crippen molar-refractivity contribution in [2.45, 2.75) is 20.9 Å². The highest BCUT2D eigenvalue weighted by Gasteiger charge is 2.24. The van der Waals surface area contributed by atoms with Crippen molar-refractivity contribution < 1.29 is 4.39 Å². The largest absolute Gasteiger partial charge is 0.366 e. The molecular formula is C22H23ClFN5O. The van der Waals surface area contributed by atoms with Crippen molar-refractivity contribution in [2.24, 2.45) is 0 Å². The van der Waals surface area contributed by atoms with Crippen LogP contribution in [0.25, 0.3) is 11.0 Å². The lowest BCUT2D eigenvalue weighted by Crippen LogP contribution is -2.46. The molecule has 1 aliphatic rings. The first-order chi connectivity index (χ1) is 14.0. The zero-order chi connectivity index (χ0) is 20.5. The van der Waals surface area contributed by atoms with Crippen LogP contribution < -0.4 is 10.5 Å². The molecule has 1 aliphatic heterocycles. The van der Waals surface area contributed by atoms with Crippen molar-refractivity contribution in [2.75, 3.05) is 31.1 Å². The van der Waals surface area contributed by atoms with Gasteiger partial charge in [-0.2, -0.15) is 5.26 Å². The fourth-order valence-corrected chi connectivity index (χ4v) is 3.88. The number of benzene rings is 1. The molecule has 0 aliphatic carbocycles. The third-order valence-electron chi connectivity index (χ3n) is 5.19. The van der Waals surface area contributed by atoms with E-state index in [4.69, 9.17) is 11.6 Å². The van der Waals surface area contributed by atoms with Gasteiger partial charge in [-0.25, -0.2) is 9.37 Å². The van der Waals surface area contributed by atoms with E-state index in [1.165, 1.54) is 6.07 Å². The van der Waals surface area contributed by atoms with Crippen LogP contribution in [0.1, 0.15) is 24.1 Å². The molecule has 156 valence electrons. The van der Waals surface area contributed by atoms with E-state index in [0.717, 1.165) is 5.56 Å². The minimum Gasteiger partial charge on any atom is -0.366 e. The highest BCUT2D eigenvalue weighted by atomic mass is 35.5. The number of hydrogen-bond donors (Lipinski definition) is 1. The summed E-state index contributed by atoms with van der Waals surface area (Å²) in [5.41, 5.74) is 2.84. The third-order valence-corrected chi connectivity index (χ3v) is 5.40. The van der Waals surface area contributed by atoms with Crippen LogP contribution in [-0.4, -0.2) is 41.0 Å². The first-order valence-corrected chi connectivity index (χ1v) is 9.69. The van der Waals surface area contributed by atoms with Gasteiger partial charge in [-0.1, -0.05) is 36.7 Å². The van der Waals surface area contributed by atoms with Gasteiger partial charge in [0.15, 0.2) is 0 Å². The van der Waals surface area contributed by atoms with E-state index in [0.29, 0.717) is 60.2 Å². The molecule has 0 amide bonds. The number of anilines is 1. The Bertz CT molecular complexity index is 1180. The van der Waals surface area contributed by atoms with Crippen LogP contribution in [-0.2, 0) is 6.54 Å². The van der Waals surface area contributed by atoms with Gasteiger partial charge < -0.3 is 9.88 Å². The van der Waals surface area contributed by atoms with Gasteiger partial charge in [-0.05, 0) is 25.1 Å². The molecule has 3 aromatic rings. The second-order valence-electron chi connectivity index (χ2n) is 7.18. The average Bonchev–Trinajstić information content (AvgIpc) is 2.71. The number of fused-ring (bicyclic) bond motifs is 1. The minimum atomic E-state index is -0.441. The summed E-state index contributed by atoms with van der Waals surface area (Å²) in [5, 5.41) is 9.85. The molecule has 0 bridgehead atoms. The summed E-state index contributed by atoms with van der Waals surface area (Å²) < 4.78 is 14.1. The van der Waals surface area contributed by atoms with Crippen molar-refractivity contribution in [3.63, 3.8) is 0 Å². The van der Waals surface area contributed by atoms with Crippen molar-refractivity contribution >= 4 is 28.3 Å². The van der Waals surface area contributed by atoms with Crippen molar-refractivity contribution in [3.8, 4) is 6.07 Å². The molecule has 3 heterocycles. The fraction of sp³-hybridized carbons (Fsp3) is 0.318. The van der Waals surface area contributed by atoms with E-state index in [9.17, 15) is 14.4 Å². The Labute approximate surface area is 179 Å². The van der Waals surface area contributed by atoms with Gasteiger partial charge in [0.05, 0.1) is 11.2 Å². The van der Waals surface area contributed by atoms with E-state index in [1.807, 2.05) is 24.0 Å². The average molecular weight is 428 g/mol. The highest BCUT2D eigenvalue weighted by molar-refractivity contribution is 6.29. The number of pyridine rings is 2. The van der Waals surface area contributed by atoms with E-state index < -0.39 is 5.56 Å². The smallest absolute Gasteiger partial charge is 0.268 e. The summed E-state index contributed by atoms with van der Waals surface area (Å²) in [6.07, 6.45) is 0. The summed E-state index contributed by atoms with van der Waals surface area (Å²) in [5.74, 6) is -0.204. The molecular weight excluding hydrogens is 405 g/mol. The number of aryl methyl sites for hydroxylation is 1. The van der Waals surface area contributed by atoms with Crippen molar-refractivity contribution in [1.29, 1.82) is 5.26 Å². The first-order valence-electron chi connectivity index (χ1n) is 9.31. The number of nitrogens with zero attached hydrogens (tertiary/aromatic N) is 4. The summed E-state index contributed by atoms with van der Waals surface area (Å²) in [6, 6.07) is 10.4. The molecule has 0 atom stereocenters. The summed E-state index contributed by atoms with van der Waals surface area (Å²) in [6.45, 7) is 5.00. The van der Waals surface area contributed by atoms with Gasteiger partial charge >= 0.3 is 0 Å². The Kier molecular flexibility index (Phi) is 6.40. The Hall–Kier alpha value is -2.95. The lowest BCUT2D eigenvalue weighted by Gasteiger charge is -2.36. The summed E-state index contributed by atoms with van der Waals surface area (Å²) >= 11 is 6.06. The number of H-pyrrole nitrogens is 1. The Morgan fingerprint density at radius 1 is 1.23 bits per heavy atom. The predicted octanol–water partition coefficient (Wildman–Crippen LogP) is 3.85. The van der Waals surface area contributed by atoms with Crippen LogP contribution in [0.5, 0.6) is 0 Å². The molecule has 6 nitrogen and oxygen atoms in total. The molecule has 0 unspecified atom stereocenters. The fourth-order valence-electron chi connectivity index (χ4n) is 3.73. The Balaban J connectivity index is 0.00000256. The van der Waals surface area contributed by atoms with Crippen molar-refractivity contribution in [1.82, 2.24) is 14.9 Å². The third kappa shape index (κ3) is 4.16. The lowest BCUT2D eigenvalue weighted by atomic mass is 10.1. The molecule has 0 spiro atoms. The quantitative estimate of drug-likeness (QED) is 0.642. The number of nitriles is 1. The summed E-state index contributed by atoms with van der Waals surface area (Å²) in [7, 11) is 0. The van der Waals surface area contributed by atoms with Crippen LogP contribution in [0.4, 0.5) is 10.1 Å². The van der Waals surface area contributed by atoms with E-state index in [2.05, 4.69) is 14.9 Å². The lowest BCUT2D eigenvalue weighted by molar-refractivity contribution is 0.246. The van der Waals surface area contributed by atoms with E-state index in [-0.39, 0.29) is 18.8 Å². The minimum absolute atomic E-state index is 0. The number of nitrogens with one attached hydrogen (secondary N) is 1. The molecule has 30 heavy (non-hydrogen) atoms. The second-order valence-corrected chi connectivity index (χ2v) is 7.56. The van der Waals surface area contributed by atoms with Crippen LogP contribution in [0, 0.1) is 24.1 Å². The topological polar surface area (TPSA) is 76.0 Å². The molecule has 0 radical (unpaired) electrons. The van der Waals surface area contributed by atoms with Gasteiger partial charge in [0.1, 0.15) is 28.1 Å². The molecule has 1 fully saturated rings. The van der Waals surface area contributed by atoms with Gasteiger partial charge in [0.25, 0.3) is 5.56 Å². The van der Waals surface area contributed by atoms with Gasteiger partial charge in [-0.3, -0.25) is 9.69 Å². The van der Waals surface area contributed by atoms with Gasteiger partial charge in [-0.15, -0.1) is 0 Å². The van der Waals surface area contributed by atoms with Crippen LogP contribution in [0.3, 0.4) is 0 Å². The van der Waals surface area contributed by atoms with Crippen molar-refractivity contribution in [3.05, 3.63) is 68.3 Å². The molecule has 0 saturated carbocycles. The van der Waals surface area contributed by atoms with E-state index in [1.54, 1.807) is 18.2 Å². The maximum Gasteiger partial charge on any atom is 0.268 e. The maximum absolute atomic E-state index is 14.1. The molecule has 1 N–H and O–H groups in total. The molecule has 1 aromatic carbocycles. The van der Waals surface area contributed by atoms with Gasteiger partial charge in [0.2, 0.25) is 0 Å². The highest BCUT2D eigenvalue weighted by Crippen LogP contribution is 2.28. The number of piperazine rings is 1. The Morgan fingerprint density at radius 3 is 2.67 bits per heavy atom. The predicted molar refractivity (Wildman–Crippen MR) is 117 cm³/mol. The zero-order valence-corrected chi connectivity index (χ0v) is 16.6. The number of hydrogen-bond acceptors (Lipinski definition) is 5. The number of halogens is 2. The number of aromatic nitrogens is 2.